The summed E-state index contributed by atoms with van der Waals surface area (Å²) in [5.74, 6) is 3.36. The maximum Gasteiger partial charge on any atom is 0.178 e. The maximum absolute atomic E-state index is 7.46. The van der Waals surface area contributed by atoms with Crippen molar-refractivity contribution in [2.75, 3.05) is 7.11 Å². The fourth-order valence-corrected chi connectivity index (χ4v) is 9.03. The summed E-state index contributed by atoms with van der Waals surface area (Å²) < 4.78 is 13.0. The van der Waals surface area contributed by atoms with Crippen LogP contribution in [-0.4, -0.2) is 7.11 Å². The van der Waals surface area contributed by atoms with E-state index >= 15 is 0 Å². The number of hydrogen-bond acceptors (Lipinski definition) is 2. The standard InChI is InChI=1S/C39H32O2/c1-40-29-19-17-27(18-20-29)39(26-9-3-2-4-10-26)22-21-33-36-35(30-11-5-6-12-31(30)37(33)41-39)32-13-7-8-14-34(32)38(36)24-25-15-16-28(38)23-25/h2-14,17-22,25,28H,15-16,23-24H2,1H3. The molecule has 2 nitrogen and oxygen atoms in total. The Morgan fingerprint density at radius 3 is 2.24 bits per heavy atom. The summed E-state index contributed by atoms with van der Waals surface area (Å²) in [6.45, 7) is 0. The summed E-state index contributed by atoms with van der Waals surface area (Å²) in [5, 5.41) is 2.50. The second kappa shape index (κ2) is 8.36. The molecule has 5 aromatic carbocycles. The molecule has 1 aliphatic heterocycles. The van der Waals surface area contributed by atoms with E-state index in [1.54, 1.807) is 12.7 Å². The van der Waals surface area contributed by atoms with Crippen molar-refractivity contribution in [2.24, 2.45) is 11.8 Å². The van der Waals surface area contributed by atoms with Crippen molar-refractivity contribution in [1.82, 2.24) is 0 Å². The van der Waals surface area contributed by atoms with Gasteiger partial charge >= 0.3 is 0 Å². The van der Waals surface area contributed by atoms with E-state index in [4.69, 9.17) is 9.47 Å². The van der Waals surface area contributed by atoms with E-state index in [1.165, 1.54) is 58.7 Å². The first kappa shape index (κ1) is 23.4. The summed E-state index contributed by atoms with van der Waals surface area (Å²) >= 11 is 0. The van der Waals surface area contributed by atoms with Crippen LogP contribution in [0, 0.1) is 11.8 Å². The predicted molar refractivity (Wildman–Crippen MR) is 165 cm³/mol. The van der Waals surface area contributed by atoms with Gasteiger partial charge in [0.15, 0.2) is 5.60 Å². The van der Waals surface area contributed by atoms with Crippen molar-refractivity contribution >= 4 is 16.8 Å². The summed E-state index contributed by atoms with van der Waals surface area (Å²) in [6.07, 6.45) is 10.0. The van der Waals surface area contributed by atoms with Crippen LogP contribution in [0.25, 0.3) is 28.0 Å². The van der Waals surface area contributed by atoms with E-state index in [0.29, 0.717) is 5.92 Å². The van der Waals surface area contributed by atoms with Crippen molar-refractivity contribution in [3.63, 3.8) is 0 Å². The molecule has 9 rings (SSSR count). The fourth-order valence-electron chi connectivity index (χ4n) is 9.03. The highest BCUT2D eigenvalue weighted by atomic mass is 16.5. The van der Waals surface area contributed by atoms with E-state index in [-0.39, 0.29) is 5.41 Å². The van der Waals surface area contributed by atoms with Gasteiger partial charge in [0.2, 0.25) is 0 Å². The SMILES string of the molecule is COc1ccc(C2(c3ccccc3)C=Cc3c4c(c5ccccc5c3O2)-c2ccccc2C42CC3CCC2C3)cc1. The van der Waals surface area contributed by atoms with Crippen molar-refractivity contribution < 1.29 is 9.47 Å². The van der Waals surface area contributed by atoms with Crippen LogP contribution in [0.1, 0.15) is 53.5 Å². The lowest BCUT2D eigenvalue weighted by molar-refractivity contribution is 0.163. The van der Waals surface area contributed by atoms with Gasteiger partial charge in [0.25, 0.3) is 0 Å². The Bertz CT molecular complexity index is 1870. The molecule has 5 aromatic rings. The van der Waals surface area contributed by atoms with Gasteiger partial charge in [-0.3, -0.25) is 0 Å². The van der Waals surface area contributed by atoms with Gasteiger partial charge in [0.1, 0.15) is 11.5 Å². The Balaban J connectivity index is 1.36. The molecule has 2 fully saturated rings. The van der Waals surface area contributed by atoms with Gasteiger partial charge in [-0.2, -0.15) is 0 Å². The maximum atomic E-state index is 7.46. The Labute approximate surface area is 241 Å². The largest absolute Gasteiger partial charge is 0.497 e. The van der Waals surface area contributed by atoms with Crippen LogP contribution >= 0.6 is 0 Å². The fraction of sp³-hybridized carbons (Fsp3) is 0.231. The second-order valence-electron chi connectivity index (χ2n) is 12.4. The van der Waals surface area contributed by atoms with Crippen LogP contribution in [0.4, 0.5) is 0 Å². The van der Waals surface area contributed by atoms with Crippen molar-refractivity contribution in [3.05, 3.63) is 137 Å². The van der Waals surface area contributed by atoms with Gasteiger partial charge in [-0.15, -0.1) is 0 Å². The zero-order chi connectivity index (χ0) is 27.2. The molecule has 2 saturated carbocycles. The third kappa shape index (κ3) is 2.98. The van der Waals surface area contributed by atoms with E-state index in [1.807, 2.05) is 12.1 Å². The highest BCUT2D eigenvalue weighted by molar-refractivity contribution is 6.08. The molecule has 4 unspecified atom stereocenters. The molecule has 0 saturated heterocycles. The first-order valence-corrected chi connectivity index (χ1v) is 15.0. The molecule has 3 aliphatic carbocycles. The van der Waals surface area contributed by atoms with E-state index in [9.17, 15) is 0 Å². The van der Waals surface area contributed by atoms with Crippen LogP contribution in [0.5, 0.6) is 11.5 Å². The molecule has 2 heteroatoms. The molecule has 0 N–H and O–H groups in total. The van der Waals surface area contributed by atoms with Crippen molar-refractivity contribution in [1.29, 1.82) is 0 Å². The van der Waals surface area contributed by atoms with Gasteiger partial charge in [0, 0.05) is 27.5 Å². The van der Waals surface area contributed by atoms with Gasteiger partial charge in [-0.05, 0) is 76.9 Å². The monoisotopic (exact) mass is 532 g/mol. The molecule has 4 aliphatic rings. The number of fused-ring (bicyclic) bond motifs is 13. The number of rotatable bonds is 3. The van der Waals surface area contributed by atoms with Crippen molar-refractivity contribution in [3.8, 4) is 22.6 Å². The minimum Gasteiger partial charge on any atom is -0.497 e. The Morgan fingerprint density at radius 1 is 0.756 bits per heavy atom. The topological polar surface area (TPSA) is 18.5 Å². The van der Waals surface area contributed by atoms with Gasteiger partial charge < -0.3 is 9.47 Å². The Morgan fingerprint density at radius 2 is 1.49 bits per heavy atom. The molecule has 41 heavy (non-hydrogen) atoms. The minimum absolute atomic E-state index is 0.0729. The summed E-state index contributed by atoms with van der Waals surface area (Å²) in [5.41, 5.74) is 8.75. The van der Waals surface area contributed by atoms with Crippen LogP contribution in [0.2, 0.25) is 0 Å². The quantitative estimate of drug-likeness (QED) is 0.230. The lowest BCUT2D eigenvalue weighted by Crippen LogP contribution is -2.36. The first-order chi connectivity index (χ1) is 20.2. The second-order valence-corrected chi connectivity index (χ2v) is 12.4. The summed E-state index contributed by atoms with van der Waals surface area (Å²) in [6, 6.07) is 37.2. The molecule has 1 spiro atoms. The molecular weight excluding hydrogens is 500 g/mol. The van der Waals surface area contributed by atoms with Crippen LogP contribution in [-0.2, 0) is 11.0 Å². The molecular formula is C39H32O2. The highest BCUT2D eigenvalue weighted by Gasteiger charge is 2.58. The average molecular weight is 533 g/mol. The molecule has 0 aromatic heterocycles. The normalized spacial score (nSPS) is 26.6. The zero-order valence-electron chi connectivity index (χ0n) is 23.3. The molecule has 0 radical (unpaired) electrons. The van der Waals surface area contributed by atoms with Gasteiger partial charge in [-0.1, -0.05) is 103 Å². The van der Waals surface area contributed by atoms with E-state index in [0.717, 1.165) is 28.5 Å². The smallest absolute Gasteiger partial charge is 0.178 e. The third-order valence-electron chi connectivity index (χ3n) is 10.6. The molecule has 1 heterocycles. The van der Waals surface area contributed by atoms with Crippen LogP contribution in [0.15, 0.2) is 109 Å². The minimum atomic E-state index is -0.745. The lowest BCUT2D eigenvalue weighted by atomic mass is 9.65. The summed E-state index contributed by atoms with van der Waals surface area (Å²) in [4.78, 5) is 0. The molecule has 2 bridgehead atoms. The average Bonchev–Trinajstić information content (AvgIpc) is 3.74. The Hall–Kier alpha value is -4.30. The molecule has 4 atom stereocenters. The molecule has 0 amide bonds. The summed E-state index contributed by atoms with van der Waals surface area (Å²) in [7, 11) is 1.71. The van der Waals surface area contributed by atoms with Crippen molar-refractivity contribution in [2.45, 2.75) is 36.7 Å². The van der Waals surface area contributed by atoms with Crippen LogP contribution in [0.3, 0.4) is 0 Å². The Kier molecular flexibility index (Phi) is 4.77. The van der Waals surface area contributed by atoms with Crippen LogP contribution < -0.4 is 9.47 Å². The number of methoxy groups -OCH3 is 1. The number of benzene rings is 5. The predicted octanol–water partition coefficient (Wildman–Crippen LogP) is 9.28. The lowest BCUT2D eigenvalue weighted by Gasteiger charge is -2.41. The first-order valence-electron chi connectivity index (χ1n) is 15.0. The number of hydrogen-bond donors (Lipinski definition) is 0. The van der Waals surface area contributed by atoms with Gasteiger partial charge in [-0.25, -0.2) is 0 Å². The molecule has 200 valence electrons. The van der Waals surface area contributed by atoms with Gasteiger partial charge in [0.05, 0.1) is 7.11 Å². The van der Waals surface area contributed by atoms with E-state index < -0.39 is 5.60 Å². The third-order valence-corrected chi connectivity index (χ3v) is 10.6. The highest BCUT2D eigenvalue weighted by Crippen LogP contribution is 2.68. The van der Waals surface area contributed by atoms with E-state index in [2.05, 4.69) is 103 Å². The number of ether oxygens (including phenoxy) is 2. The zero-order valence-corrected chi connectivity index (χ0v) is 23.3.